The van der Waals surface area contributed by atoms with Crippen molar-refractivity contribution in [2.24, 2.45) is 0 Å². The van der Waals surface area contributed by atoms with E-state index in [9.17, 15) is 4.79 Å². The number of urea groups is 1. The molecule has 0 radical (unpaired) electrons. The molecule has 0 aromatic heterocycles. The third kappa shape index (κ3) is 5.67. The topological polar surface area (TPSA) is 32.3 Å². The number of hydrogen-bond acceptors (Lipinski definition) is 2. The summed E-state index contributed by atoms with van der Waals surface area (Å²) >= 11 is 4.61. The molecular formula is C22H36N2OS. The third-order valence-electron chi connectivity index (χ3n) is 5.50. The van der Waals surface area contributed by atoms with Crippen LogP contribution < -0.4 is 9.62 Å². The molecule has 3 nitrogen and oxygen atoms in total. The lowest BCUT2D eigenvalue weighted by Gasteiger charge is -2.26. The summed E-state index contributed by atoms with van der Waals surface area (Å²) in [5, 5.41) is 3.22. The van der Waals surface area contributed by atoms with E-state index in [1.165, 1.54) is 55.2 Å². The Bertz CT molecular complexity index is 555. The van der Waals surface area contributed by atoms with Gasteiger partial charge in [0.15, 0.2) is 0 Å². The summed E-state index contributed by atoms with van der Waals surface area (Å²) in [5.41, 5.74) is 4.82. The number of benzene rings is 1. The summed E-state index contributed by atoms with van der Waals surface area (Å²) in [4.78, 5) is 12.9. The lowest BCUT2D eigenvalue weighted by atomic mass is 9.96. The van der Waals surface area contributed by atoms with Gasteiger partial charge in [0, 0.05) is 6.04 Å². The number of unbranched alkanes of at least 4 members (excludes halogenated alkanes) is 1. The van der Waals surface area contributed by atoms with Gasteiger partial charge < -0.3 is 5.32 Å². The number of aryl methyl sites for hydroxylation is 3. The van der Waals surface area contributed by atoms with Gasteiger partial charge in [-0.3, -0.25) is 0 Å². The molecule has 0 bridgehead atoms. The van der Waals surface area contributed by atoms with Gasteiger partial charge in [0.05, 0.1) is 5.69 Å². The number of anilines is 1. The fourth-order valence-corrected chi connectivity index (χ4v) is 4.24. The molecule has 4 heteroatoms. The monoisotopic (exact) mass is 376 g/mol. The maximum Gasteiger partial charge on any atom is 0.332 e. The highest BCUT2D eigenvalue weighted by atomic mass is 32.1. The lowest BCUT2D eigenvalue weighted by molar-refractivity contribution is 0.245. The first-order valence-corrected chi connectivity index (χ1v) is 10.9. The fraction of sp³-hybridized carbons (Fsp3) is 0.682. The predicted molar refractivity (Wildman–Crippen MR) is 115 cm³/mol. The van der Waals surface area contributed by atoms with E-state index >= 15 is 0 Å². The number of rotatable bonds is 7. The highest BCUT2D eigenvalue weighted by Gasteiger charge is 2.22. The Balaban J connectivity index is 2.19. The van der Waals surface area contributed by atoms with E-state index in [-0.39, 0.29) is 6.03 Å². The van der Waals surface area contributed by atoms with Crippen molar-refractivity contribution < 1.29 is 4.79 Å². The molecule has 1 fully saturated rings. The van der Waals surface area contributed by atoms with E-state index < -0.39 is 0 Å². The van der Waals surface area contributed by atoms with Crippen LogP contribution in [0.2, 0.25) is 0 Å². The molecule has 0 saturated heterocycles. The number of hydrogen-bond donors (Lipinski definition) is 2. The number of amides is 2. The Kier molecular flexibility index (Phi) is 8.83. The molecule has 1 aliphatic carbocycles. The first kappa shape index (κ1) is 21.1. The van der Waals surface area contributed by atoms with Crippen molar-refractivity contribution >= 4 is 24.5 Å². The van der Waals surface area contributed by atoms with Gasteiger partial charge in [0.2, 0.25) is 0 Å². The second-order valence-corrected chi connectivity index (χ2v) is 7.92. The van der Waals surface area contributed by atoms with Gasteiger partial charge in [-0.2, -0.15) is 0 Å². The van der Waals surface area contributed by atoms with Gasteiger partial charge in [-0.1, -0.05) is 77.8 Å². The van der Waals surface area contributed by atoms with Gasteiger partial charge in [-0.25, -0.2) is 9.10 Å². The van der Waals surface area contributed by atoms with Crippen LogP contribution in [0.5, 0.6) is 0 Å². The Morgan fingerprint density at radius 3 is 2.15 bits per heavy atom. The summed E-state index contributed by atoms with van der Waals surface area (Å²) < 4.78 is 1.56. The van der Waals surface area contributed by atoms with Gasteiger partial charge in [0.25, 0.3) is 0 Å². The van der Waals surface area contributed by atoms with Crippen LogP contribution in [0.1, 0.15) is 88.8 Å². The average Bonchev–Trinajstić information content (AvgIpc) is 2.93. The highest BCUT2D eigenvalue weighted by molar-refractivity contribution is 7.82. The number of carbonyl (C=O) groups is 1. The van der Waals surface area contributed by atoms with Gasteiger partial charge in [-0.15, -0.1) is 0 Å². The molecule has 146 valence electrons. The maximum absolute atomic E-state index is 12.9. The molecule has 0 unspecified atom stereocenters. The zero-order valence-electron chi connectivity index (χ0n) is 16.8. The normalized spacial score (nSPS) is 15.5. The Morgan fingerprint density at radius 1 is 1.08 bits per heavy atom. The van der Waals surface area contributed by atoms with Gasteiger partial charge in [0.1, 0.15) is 0 Å². The molecule has 1 aliphatic rings. The first-order chi connectivity index (χ1) is 12.6. The SMILES string of the molecule is CCCCc1cc(CC)c(N(S)C(=O)NC2CCCCCC2)c(CC)c1. The molecule has 0 atom stereocenters. The van der Waals surface area contributed by atoms with E-state index in [2.05, 4.69) is 51.0 Å². The van der Waals surface area contributed by atoms with Crippen LogP contribution >= 0.6 is 12.8 Å². The zero-order valence-corrected chi connectivity index (χ0v) is 17.7. The minimum Gasteiger partial charge on any atom is -0.334 e. The van der Waals surface area contributed by atoms with E-state index in [0.29, 0.717) is 6.04 Å². The molecule has 2 amide bonds. The number of carbonyl (C=O) groups excluding carboxylic acids is 1. The van der Waals surface area contributed by atoms with Gasteiger partial charge in [-0.05, 0) is 55.2 Å². The molecule has 0 heterocycles. The lowest BCUT2D eigenvalue weighted by Crippen LogP contribution is -2.41. The van der Waals surface area contributed by atoms with Crippen molar-refractivity contribution in [2.45, 2.75) is 97.4 Å². The number of thiol groups is 1. The molecule has 1 saturated carbocycles. The summed E-state index contributed by atoms with van der Waals surface area (Å²) in [7, 11) is 0. The molecule has 0 aliphatic heterocycles. The second-order valence-electron chi connectivity index (χ2n) is 7.52. The molecule has 2 rings (SSSR count). The largest absolute Gasteiger partial charge is 0.334 e. The van der Waals surface area contributed by atoms with Crippen molar-refractivity contribution in [2.75, 3.05) is 4.31 Å². The maximum atomic E-state index is 12.9. The van der Waals surface area contributed by atoms with E-state index in [4.69, 9.17) is 0 Å². The summed E-state index contributed by atoms with van der Waals surface area (Å²) in [6, 6.07) is 4.75. The van der Waals surface area contributed by atoms with Crippen molar-refractivity contribution in [1.29, 1.82) is 0 Å². The van der Waals surface area contributed by atoms with E-state index in [1.807, 2.05) is 0 Å². The second kappa shape index (κ2) is 10.9. The number of nitrogens with zero attached hydrogens (tertiary/aromatic N) is 1. The standard InChI is InChI=1S/C22H36N2OS/c1-4-7-12-17-15-18(5-2)21(19(6-3)16-17)24(26)22(25)23-20-13-10-8-9-11-14-20/h15-16,20,26H,4-14H2,1-3H3,(H,23,25). The van der Waals surface area contributed by atoms with E-state index in [0.717, 1.165) is 37.8 Å². The van der Waals surface area contributed by atoms with Crippen LogP contribution in [0.15, 0.2) is 12.1 Å². The van der Waals surface area contributed by atoms with Crippen LogP contribution in [0.3, 0.4) is 0 Å². The molecule has 0 spiro atoms. The van der Waals surface area contributed by atoms with Crippen molar-refractivity contribution in [3.63, 3.8) is 0 Å². The fourth-order valence-electron chi connectivity index (χ4n) is 3.93. The van der Waals surface area contributed by atoms with Crippen LogP contribution in [-0.4, -0.2) is 12.1 Å². The molecule has 1 N–H and O–H groups in total. The highest BCUT2D eigenvalue weighted by Crippen LogP contribution is 2.31. The average molecular weight is 377 g/mol. The summed E-state index contributed by atoms with van der Waals surface area (Å²) in [5.74, 6) is 0. The molecular weight excluding hydrogens is 340 g/mol. The van der Waals surface area contributed by atoms with Crippen molar-refractivity contribution in [3.05, 3.63) is 28.8 Å². The minimum absolute atomic E-state index is 0.0778. The Hall–Kier alpha value is -1.16. The Morgan fingerprint density at radius 2 is 1.65 bits per heavy atom. The van der Waals surface area contributed by atoms with Crippen LogP contribution in [0.4, 0.5) is 10.5 Å². The van der Waals surface area contributed by atoms with Gasteiger partial charge >= 0.3 is 6.03 Å². The molecule has 1 aromatic rings. The predicted octanol–water partition coefficient (Wildman–Crippen LogP) is 6.24. The van der Waals surface area contributed by atoms with Crippen LogP contribution in [0, 0.1) is 0 Å². The smallest absolute Gasteiger partial charge is 0.332 e. The van der Waals surface area contributed by atoms with E-state index in [1.54, 1.807) is 4.31 Å². The third-order valence-corrected chi connectivity index (χ3v) is 5.88. The van der Waals surface area contributed by atoms with Crippen molar-refractivity contribution in [1.82, 2.24) is 5.32 Å². The minimum atomic E-state index is -0.0778. The van der Waals surface area contributed by atoms with Crippen LogP contribution in [0.25, 0.3) is 0 Å². The first-order valence-electron chi connectivity index (χ1n) is 10.5. The quantitative estimate of drug-likeness (QED) is 0.428. The number of nitrogens with one attached hydrogen (secondary N) is 1. The molecule has 26 heavy (non-hydrogen) atoms. The van der Waals surface area contributed by atoms with Crippen LogP contribution in [-0.2, 0) is 19.3 Å². The molecule has 1 aromatic carbocycles. The zero-order chi connectivity index (χ0) is 18.9. The summed E-state index contributed by atoms with van der Waals surface area (Å²) in [6.45, 7) is 6.54. The van der Waals surface area contributed by atoms with Crippen molar-refractivity contribution in [3.8, 4) is 0 Å². The summed E-state index contributed by atoms with van der Waals surface area (Å²) in [6.07, 6.45) is 12.5. The Labute approximate surface area is 165 Å².